The summed E-state index contributed by atoms with van der Waals surface area (Å²) in [4.78, 5) is 16.5. The van der Waals surface area contributed by atoms with Crippen LogP contribution in [0.25, 0.3) is 11.0 Å². The number of imidazole rings is 1. The van der Waals surface area contributed by atoms with E-state index < -0.39 is 5.97 Å². The van der Waals surface area contributed by atoms with Crippen molar-refractivity contribution in [2.75, 3.05) is 13.1 Å². The van der Waals surface area contributed by atoms with Gasteiger partial charge >= 0.3 is 5.97 Å². The summed E-state index contributed by atoms with van der Waals surface area (Å²) in [7, 11) is 2.01. The Morgan fingerprint density at radius 1 is 1.42 bits per heavy atom. The Kier molecular flexibility index (Phi) is 4.90. The van der Waals surface area contributed by atoms with Gasteiger partial charge in [0.1, 0.15) is 5.82 Å². The van der Waals surface area contributed by atoms with Crippen LogP contribution in [-0.2, 0) is 24.7 Å². The van der Waals surface area contributed by atoms with Crippen LogP contribution in [0.1, 0.15) is 31.7 Å². The van der Waals surface area contributed by atoms with Crippen LogP contribution in [0.4, 0.5) is 0 Å². The lowest BCUT2D eigenvalue weighted by molar-refractivity contribution is -0.143. The molecule has 0 bridgehead atoms. The molecule has 1 aliphatic rings. The van der Waals surface area contributed by atoms with Gasteiger partial charge in [0.15, 0.2) is 0 Å². The highest BCUT2D eigenvalue weighted by Crippen LogP contribution is 2.27. The summed E-state index contributed by atoms with van der Waals surface area (Å²) >= 11 is 0. The summed E-state index contributed by atoms with van der Waals surface area (Å²) < 4.78 is 2.10. The number of rotatable bonds is 6. The lowest BCUT2D eigenvalue weighted by Gasteiger charge is -2.18. The molecule has 1 aromatic heterocycles. The van der Waals surface area contributed by atoms with Gasteiger partial charge in [0.05, 0.1) is 17.0 Å². The van der Waals surface area contributed by atoms with Crippen molar-refractivity contribution < 1.29 is 9.90 Å². The fraction of sp³-hybridized carbons (Fsp3) is 0.579. The maximum atomic E-state index is 11.8. The molecule has 1 saturated heterocycles. The van der Waals surface area contributed by atoms with Crippen LogP contribution < -0.4 is 5.32 Å². The van der Waals surface area contributed by atoms with E-state index in [0.29, 0.717) is 12.3 Å². The van der Waals surface area contributed by atoms with E-state index >= 15 is 0 Å². The molecule has 2 unspecified atom stereocenters. The Labute approximate surface area is 143 Å². The van der Waals surface area contributed by atoms with Crippen molar-refractivity contribution in [3.05, 3.63) is 29.6 Å². The molecule has 0 aliphatic carbocycles. The van der Waals surface area contributed by atoms with Gasteiger partial charge in [0.25, 0.3) is 0 Å². The first-order valence-corrected chi connectivity index (χ1v) is 8.84. The zero-order chi connectivity index (χ0) is 17.3. The van der Waals surface area contributed by atoms with E-state index in [9.17, 15) is 9.90 Å². The summed E-state index contributed by atoms with van der Waals surface area (Å²) in [5.74, 6) is 0.561. The number of aliphatic carboxylic acids is 1. The predicted molar refractivity (Wildman–Crippen MR) is 95.1 cm³/mol. The molecule has 0 saturated carbocycles. The van der Waals surface area contributed by atoms with Gasteiger partial charge in [0.2, 0.25) is 0 Å². The maximum absolute atomic E-state index is 11.8. The summed E-state index contributed by atoms with van der Waals surface area (Å²) in [5.41, 5.74) is 3.41. The number of aryl methyl sites for hydroxylation is 1. The number of nitrogens with one attached hydrogen (secondary N) is 1. The average Bonchev–Trinajstić information content (AvgIpc) is 3.13. The van der Waals surface area contributed by atoms with E-state index in [1.54, 1.807) is 0 Å². The molecular formula is C19H27N3O2. The molecule has 5 heteroatoms. The molecule has 130 valence electrons. The monoisotopic (exact) mass is 329 g/mol. The van der Waals surface area contributed by atoms with Crippen molar-refractivity contribution in [2.45, 2.75) is 33.1 Å². The molecule has 2 heterocycles. The van der Waals surface area contributed by atoms with Crippen LogP contribution in [0, 0.1) is 17.8 Å². The quantitative estimate of drug-likeness (QED) is 0.855. The van der Waals surface area contributed by atoms with Gasteiger partial charge in [-0.25, -0.2) is 4.98 Å². The molecule has 1 aliphatic heterocycles. The second-order valence-corrected chi connectivity index (χ2v) is 7.37. The number of carbonyl (C=O) groups is 1. The first-order valence-electron chi connectivity index (χ1n) is 8.84. The van der Waals surface area contributed by atoms with Crippen molar-refractivity contribution in [3.63, 3.8) is 0 Å². The number of aromatic nitrogens is 2. The van der Waals surface area contributed by atoms with Crippen molar-refractivity contribution in [3.8, 4) is 0 Å². The van der Waals surface area contributed by atoms with Crippen LogP contribution >= 0.6 is 0 Å². The molecule has 0 amide bonds. The SMILES string of the molecule is CC(C)Cc1cccc2nc(CC(C(=O)O)C3CCNC3)n(C)c12. The van der Waals surface area contributed by atoms with Gasteiger partial charge < -0.3 is 15.0 Å². The number of carboxylic acid groups (broad SMARTS) is 1. The number of benzene rings is 1. The lowest BCUT2D eigenvalue weighted by Crippen LogP contribution is -2.28. The number of para-hydroxylation sites is 1. The largest absolute Gasteiger partial charge is 0.481 e. The predicted octanol–water partition coefficient (Wildman–Crippen LogP) is 2.62. The number of fused-ring (bicyclic) bond motifs is 1. The van der Waals surface area contributed by atoms with Crippen molar-refractivity contribution in [1.29, 1.82) is 0 Å². The molecule has 3 rings (SSSR count). The summed E-state index contributed by atoms with van der Waals surface area (Å²) in [6.45, 7) is 6.13. The Morgan fingerprint density at radius 3 is 2.83 bits per heavy atom. The van der Waals surface area contributed by atoms with Gasteiger partial charge in [0, 0.05) is 13.5 Å². The number of carboxylic acids is 1. The van der Waals surface area contributed by atoms with Crippen LogP contribution in [0.15, 0.2) is 18.2 Å². The van der Waals surface area contributed by atoms with Crippen molar-refractivity contribution in [1.82, 2.24) is 14.9 Å². The van der Waals surface area contributed by atoms with Crippen LogP contribution in [0.3, 0.4) is 0 Å². The van der Waals surface area contributed by atoms with E-state index in [2.05, 4.69) is 29.8 Å². The minimum Gasteiger partial charge on any atom is -0.481 e. The third-order valence-corrected chi connectivity index (χ3v) is 5.09. The van der Waals surface area contributed by atoms with E-state index in [1.807, 2.05) is 19.2 Å². The second kappa shape index (κ2) is 6.93. The highest BCUT2D eigenvalue weighted by atomic mass is 16.4. The topological polar surface area (TPSA) is 67.2 Å². The Balaban J connectivity index is 1.94. The van der Waals surface area contributed by atoms with Gasteiger partial charge in [-0.1, -0.05) is 26.0 Å². The van der Waals surface area contributed by atoms with Crippen LogP contribution in [0.2, 0.25) is 0 Å². The average molecular weight is 329 g/mol. The third-order valence-electron chi connectivity index (χ3n) is 5.09. The second-order valence-electron chi connectivity index (χ2n) is 7.37. The molecule has 5 nitrogen and oxygen atoms in total. The molecule has 24 heavy (non-hydrogen) atoms. The van der Waals surface area contributed by atoms with E-state index in [0.717, 1.165) is 42.8 Å². The number of hydrogen-bond acceptors (Lipinski definition) is 3. The minimum atomic E-state index is -0.710. The van der Waals surface area contributed by atoms with E-state index in [4.69, 9.17) is 4.98 Å². The lowest BCUT2D eigenvalue weighted by atomic mass is 9.88. The van der Waals surface area contributed by atoms with Crippen molar-refractivity contribution in [2.24, 2.45) is 24.8 Å². The standard InChI is InChI=1S/C19H27N3O2/c1-12(2)9-13-5-4-6-16-18(13)22(3)17(21-16)10-15(19(23)24)14-7-8-20-11-14/h4-6,12,14-15,20H,7-11H2,1-3H3,(H,23,24). The smallest absolute Gasteiger partial charge is 0.307 e. The van der Waals surface area contributed by atoms with Crippen LogP contribution in [-0.4, -0.2) is 33.7 Å². The first kappa shape index (κ1) is 17.0. The van der Waals surface area contributed by atoms with E-state index in [1.165, 1.54) is 5.56 Å². The van der Waals surface area contributed by atoms with Gasteiger partial charge in [-0.05, 0) is 49.4 Å². The molecule has 0 radical (unpaired) electrons. The molecule has 0 spiro atoms. The fourth-order valence-corrected chi connectivity index (χ4v) is 3.86. The zero-order valence-electron chi connectivity index (χ0n) is 14.7. The zero-order valence-corrected chi connectivity index (χ0v) is 14.7. The van der Waals surface area contributed by atoms with Crippen LogP contribution in [0.5, 0.6) is 0 Å². The van der Waals surface area contributed by atoms with Gasteiger partial charge in [-0.3, -0.25) is 4.79 Å². The van der Waals surface area contributed by atoms with Crippen molar-refractivity contribution >= 4 is 17.0 Å². The Bertz CT molecular complexity index is 730. The Morgan fingerprint density at radius 2 is 2.21 bits per heavy atom. The highest BCUT2D eigenvalue weighted by Gasteiger charge is 2.32. The summed E-state index contributed by atoms with van der Waals surface area (Å²) in [6.07, 6.45) is 2.43. The van der Waals surface area contributed by atoms with Gasteiger partial charge in [-0.15, -0.1) is 0 Å². The minimum absolute atomic E-state index is 0.192. The molecule has 2 atom stereocenters. The Hall–Kier alpha value is -1.88. The van der Waals surface area contributed by atoms with Gasteiger partial charge in [-0.2, -0.15) is 0 Å². The molecule has 1 fully saturated rings. The highest BCUT2D eigenvalue weighted by molar-refractivity contribution is 5.80. The molecule has 2 N–H and O–H groups in total. The molecule has 2 aromatic rings. The number of nitrogens with zero attached hydrogens (tertiary/aromatic N) is 2. The summed E-state index contributed by atoms with van der Waals surface area (Å²) in [6, 6.07) is 6.23. The maximum Gasteiger partial charge on any atom is 0.307 e. The fourth-order valence-electron chi connectivity index (χ4n) is 3.86. The number of hydrogen-bond donors (Lipinski definition) is 2. The first-order chi connectivity index (χ1) is 11.5. The van der Waals surface area contributed by atoms with E-state index in [-0.39, 0.29) is 11.8 Å². The molecule has 1 aromatic carbocycles. The third kappa shape index (κ3) is 3.31. The molecular weight excluding hydrogens is 302 g/mol. The summed E-state index contributed by atoms with van der Waals surface area (Å²) in [5, 5.41) is 12.9. The normalized spacial score (nSPS) is 19.2.